The number of aliphatic carboxylic acids is 1. The minimum absolute atomic E-state index is 0.109. The predicted octanol–water partition coefficient (Wildman–Crippen LogP) is 1.08. The van der Waals surface area contributed by atoms with Gasteiger partial charge in [0.2, 0.25) is 17.7 Å². The van der Waals surface area contributed by atoms with Gasteiger partial charge in [0, 0.05) is 36.7 Å². The molecule has 4 amide bonds. The van der Waals surface area contributed by atoms with Crippen LogP contribution in [0.5, 0.6) is 11.5 Å². The topological polar surface area (TPSA) is 238 Å². The van der Waals surface area contributed by atoms with Gasteiger partial charge in [0.05, 0.1) is 19.7 Å². The summed E-state index contributed by atoms with van der Waals surface area (Å²) in [6, 6.07) is 2.85. The zero-order valence-corrected chi connectivity index (χ0v) is 31.5. The van der Waals surface area contributed by atoms with Gasteiger partial charge in [-0.2, -0.15) is 0 Å². The number of hydrogen-bond acceptors (Lipinski definition) is 10. The van der Waals surface area contributed by atoms with Crippen LogP contribution in [0.2, 0.25) is 0 Å². The van der Waals surface area contributed by atoms with Crippen LogP contribution in [-0.4, -0.2) is 122 Å². The maximum absolute atomic E-state index is 14.0. The number of piperidine rings is 2. The van der Waals surface area contributed by atoms with Gasteiger partial charge in [-0.15, -0.1) is 0 Å². The molecule has 54 heavy (non-hydrogen) atoms. The van der Waals surface area contributed by atoms with Gasteiger partial charge < -0.3 is 56.1 Å². The molecular weight excluding hydrogens is 700 g/mol. The van der Waals surface area contributed by atoms with Crippen molar-refractivity contribution >= 4 is 35.7 Å². The molecule has 2 fully saturated rings. The van der Waals surface area contributed by atoms with Crippen molar-refractivity contribution < 1.29 is 43.3 Å². The average Bonchev–Trinajstić information content (AvgIpc) is 3.49. The van der Waals surface area contributed by atoms with Crippen molar-refractivity contribution in [2.24, 2.45) is 11.7 Å². The van der Waals surface area contributed by atoms with Crippen molar-refractivity contribution in [1.82, 2.24) is 31.1 Å². The Hall–Kier alpha value is -5.06. The fourth-order valence-electron chi connectivity index (χ4n) is 8.54. The van der Waals surface area contributed by atoms with Gasteiger partial charge in [-0.25, -0.2) is 4.79 Å². The second-order valence-electron chi connectivity index (χ2n) is 14.7. The molecule has 1 aromatic rings. The highest BCUT2D eigenvalue weighted by Crippen LogP contribution is 2.61. The summed E-state index contributed by atoms with van der Waals surface area (Å²) in [4.78, 5) is 66.7. The minimum atomic E-state index is -1.34. The van der Waals surface area contributed by atoms with E-state index in [0.717, 1.165) is 36.9 Å². The lowest BCUT2D eigenvalue weighted by atomic mass is 9.57. The standard InChI is InChI=1S/C37H54N8O9/c1-21-10-12-26(52-4)32-31(21)37-14-17-44(3)22(2)24(37)11-13-27(33(37)54-32)53-36(51)45-16-6-5-8-23(45)19-42-34(50)25(9-7-15-40-35(38)39)43-29(47)20-41-28(46)18-30(48)49/h10,12-13,22-25,33H,5-9,11,14-20H2,1-4H3,(H,41,46)(H,42,50)(H,43,47)(H,48,49)(H4,38,39,40)/t22-,23-,24+,25+,33+,37+/m1/s1. The second-order valence-corrected chi connectivity index (χ2v) is 14.7. The Morgan fingerprint density at radius 2 is 1.91 bits per heavy atom. The van der Waals surface area contributed by atoms with E-state index in [1.165, 1.54) is 0 Å². The number of carboxylic acids is 1. The Labute approximate surface area is 315 Å². The molecule has 0 saturated carbocycles. The van der Waals surface area contributed by atoms with Crippen LogP contribution >= 0.6 is 0 Å². The monoisotopic (exact) mass is 754 g/mol. The molecule has 296 valence electrons. The molecule has 0 radical (unpaired) electrons. The van der Waals surface area contributed by atoms with Crippen LogP contribution in [0.4, 0.5) is 4.79 Å². The smallest absolute Gasteiger partial charge is 0.415 e. The van der Waals surface area contributed by atoms with Crippen LogP contribution in [0.15, 0.2) is 24.0 Å². The number of nitrogens with two attached hydrogens (primary N) is 1. The van der Waals surface area contributed by atoms with E-state index in [2.05, 4.69) is 53.1 Å². The molecule has 8 N–H and O–H groups in total. The van der Waals surface area contributed by atoms with Crippen molar-refractivity contribution in [3.63, 3.8) is 0 Å². The van der Waals surface area contributed by atoms with Crippen LogP contribution in [-0.2, 0) is 29.3 Å². The molecule has 5 rings (SSSR count). The number of rotatable bonds is 14. The maximum atomic E-state index is 14.0. The first-order valence-corrected chi connectivity index (χ1v) is 18.6. The van der Waals surface area contributed by atoms with Crippen LogP contribution in [0.25, 0.3) is 0 Å². The van der Waals surface area contributed by atoms with Crippen LogP contribution in [0.1, 0.15) is 69.4 Å². The van der Waals surface area contributed by atoms with Crippen LogP contribution in [0.3, 0.4) is 0 Å². The highest BCUT2D eigenvalue weighted by Gasteiger charge is 2.62. The molecule has 1 aliphatic carbocycles. The van der Waals surface area contributed by atoms with Gasteiger partial charge in [0.25, 0.3) is 0 Å². The lowest BCUT2D eigenvalue weighted by Crippen LogP contribution is -2.60. The number of amides is 4. The number of likely N-dealkylation sites (tertiary alicyclic amines) is 2. The number of aryl methyl sites for hydroxylation is 1. The largest absolute Gasteiger partial charge is 0.493 e. The number of methoxy groups -OCH3 is 1. The predicted molar refractivity (Wildman–Crippen MR) is 197 cm³/mol. The number of hydrogen-bond donors (Lipinski definition) is 7. The Morgan fingerprint density at radius 3 is 2.63 bits per heavy atom. The number of carboxylic acid groups (broad SMARTS) is 1. The SMILES string of the molecule is COc1ccc(C)c2c1O[C@H]1C(OC(=O)N3CCCC[C@@H]3CNC(=O)[C@H](CCCNC(=N)N)NC(=O)CNC(=O)CC(=O)O)=CC[C@H]3[C@@H](C)N(C)CC[C@]213. The molecule has 0 aromatic heterocycles. The lowest BCUT2D eigenvalue weighted by molar-refractivity contribution is -0.141. The maximum Gasteiger partial charge on any atom is 0.415 e. The Bertz CT molecular complexity index is 1650. The number of fused-ring (bicyclic) bond motifs is 1. The molecule has 4 aliphatic rings. The number of allylic oxidation sites excluding steroid dienone is 1. The summed E-state index contributed by atoms with van der Waals surface area (Å²) in [5.74, 6) is -1.53. The third-order valence-corrected chi connectivity index (χ3v) is 11.3. The molecular formula is C37H54N8O9. The van der Waals surface area contributed by atoms with Crippen molar-refractivity contribution in [3.05, 3.63) is 35.1 Å². The van der Waals surface area contributed by atoms with E-state index in [9.17, 15) is 24.0 Å². The summed E-state index contributed by atoms with van der Waals surface area (Å²) < 4.78 is 18.8. The van der Waals surface area contributed by atoms with E-state index >= 15 is 0 Å². The van der Waals surface area contributed by atoms with Gasteiger partial charge >= 0.3 is 12.1 Å². The summed E-state index contributed by atoms with van der Waals surface area (Å²) in [5, 5.41) is 26.5. The Balaban J connectivity index is 1.27. The average molecular weight is 755 g/mol. The van der Waals surface area contributed by atoms with Crippen LogP contribution in [0, 0.1) is 18.3 Å². The summed E-state index contributed by atoms with van der Waals surface area (Å²) in [6.45, 7) is 5.51. The van der Waals surface area contributed by atoms with Crippen molar-refractivity contribution in [2.45, 2.75) is 94.9 Å². The highest BCUT2D eigenvalue weighted by atomic mass is 16.6. The van der Waals surface area contributed by atoms with E-state index in [1.54, 1.807) is 12.0 Å². The number of nitrogens with one attached hydrogen (secondary N) is 5. The van der Waals surface area contributed by atoms with E-state index < -0.39 is 60.3 Å². The molecule has 6 atom stereocenters. The Kier molecular flexibility index (Phi) is 12.9. The van der Waals surface area contributed by atoms with E-state index in [4.69, 9.17) is 30.5 Å². The van der Waals surface area contributed by atoms with Crippen molar-refractivity contribution in [2.75, 3.05) is 46.9 Å². The van der Waals surface area contributed by atoms with E-state index in [0.29, 0.717) is 43.1 Å². The third kappa shape index (κ3) is 8.66. The zero-order chi connectivity index (χ0) is 39.2. The summed E-state index contributed by atoms with van der Waals surface area (Å²) in [7, 11) is 3.77. The van der Waals surface area contributed by atoms with E-state index in [1.807, 2.05) is 12.1 Å². The number of carbonyl (C=O) groups excluding carboxylic acids is 4. The van der Waals surface area contributed by atoms with Gasteiger partial charge in [-0.1, -0.05) is 6.07 Å². The molecule has 0 unspecified atom stereocenters. The first kappa shape index (κ1) is 40.1. The third-order valence-electron chi connectivity index (χ3n) is 11.3. The molecule has 17 heteroatoms. The fourth-order valence-corrected chi connectivity index (χ4v) is 8.54. The van der Waals surface area contributed by atoms with Gasteiger partial charge in [-0.3, -0.25) is 24.6 Å². The Morgan fingerprint density at radius 1 is 1.13 bits per heavy atom. The van der Waals surface area contributed by atoms with Crippen LogP contribution < -0.4 is 36.5 Å². The number of nitrogens with zero attached hydrogens (tertiary/aromatic N) is 2. The van der Waals surface area contributed by atoms with Crippen molar-refractivity contribution in [1.29, 1.82) is 5.41 Å². The molecule has 0 bridgehead atoms. The number of benzene rings is 1. The first-order valence-electron chi connectivity index (χ1n) is 18.6. The minimum Gasteiger partial charge on any atom is -0.493 e. The number of guanidine groups is 1. The molecule has 17 nitrogen and oxygen atoms in total. The number of ether oxygens (including phenoxy) is 3. The zero-order valence-electron chi connectivity index (χ0n) is 31.5. The number of carbonyl (C=O) groups is 5. The summed E-state index contributed by atoms with van der Waals surface area (Å²) in [6.07, 6.45) is 4.50. The van der Waals surface area contributed by atoms with Gasteiger partial charge in [-0.05, 0) is 96.0 Å². The second kappa shape index (κ2) is 17.4. The molecule has 3 aliphatic heterocycles. The van der Waals surface area contributed by atoms with Gasteiger partial charge in [0.15, 0.2) is 23.6 Å². The first-order chi connectivity index (χ1) is 25.8. The summed E-state index contributed by atoms with van der Waals surface area (Å²) >= 11 is 0. The molecule has 3 heterocycles. The normalized spacial score (nSPS) is 25.0. The quantitative estimate of drug-likeness (QED) is 0.0612. The molecule has 1 spiro atoms. The highest BCUT2D eigenvalue weighted by molar-refractivity contribution is 5.95. The van der Waals surface area contributed by atoms with Gasteiger partial charge in [0.1, 0.15) is 18.2 Å². The lowest BCUT2D eigenvalue weighted by Gasteiger charge is -2.53. The fraction of sp³-hybridized carbons (Fsp3) is 0.622. The van der Waals surface area contributed by atoms with Crippen molar-refractivity contribution in [3.8, 4) is 11.5 Å². The molecule has 1 aromatic carbocycles. The van der Waals surface area contributed by atoms with E-state index in [-0.39, 0.29) is 43.5 Å². The molecule has 2 saturated heterocycles. The summed E-state index contributed by atoms with van der Waals surface area (Å²) in [5.41, 5.74) is 7.19.